The van der Waals surface area contributed by atoms with Crippen molar-refractivity contribution in [3.8, 4) is 0 Å². The van der Waals surface area contributed by atoms with Crippen LogP contribution in [-0.2, 0) is 6.42 Å². The highest BCUT2D eigenvalue weighted by atomic mass is 19.3. The molecule has 1 aliphatic heterocycles. The molecule has 3 heterocycles. The summed E-state index contributed by atoms with van der Waals surface area (Å²) < 4.78 is 26.3. The maximum absolute atomic E-state index is 13.2. The number of nitrogens with one attached hydrogen (secondary N) is 1. The first-order chi connectivity index (χ1) is 12.1. The predicted molar refractivity (Wildman–Crippen MR) is 90.6 cm³/mol. The third-order valence-electron chi connectivity index (χ3n) is 4.85. The molecular weight excluding hydrogens is 324 g/mol. The van der Waals surface area contributed by atoms with Crippen molar-refractivity contribution in [1.82, 2.24) is 14.9 Å². The monoisotopic (exact) mass is 341 g/mol. The highest BCUT2D eigenvalue weighted by Crippen LogP contribution is 2.31. The molecule has 2 aromatic heterocycles. The number of nitrogens with zero attached hydrogens (tertiary/aromatic N) is 2. The SMILES string of the molecule is C[C@H]1c2cccnc2CCN1C(=O)c1cc2cccc(C(F)F)c2[nH]1. The van der Waals surface area contributed by atoms with Crippen LogP contribution in [0.15, 0.2) is 42.6 Å². The molecule has 0 fully saturated rings. The number of hydrogen-bond donors (Lipinski definition) is 1. The van der Waals surface area contributed by atoms with Gasteiger partial charge in [-0.15, -0.1) is 0 Å². The molecule has 1 amide bonds. The minimum atomic E-state index is -2.59. The van der Waals surface area contributed by atoms with Crippen LogP contribution in [0.1, 0.15) is 46.7 Å². The first-order valence-electron chi connectivity index (χ1n) is 8.21. The van der Waals surface area contributed by atoms with Gasteiger partial charge in [-0.2, -0.15) is 0 Å². The maximum atomic E-state index is 13.2. The van der Waals surface area contributed by atoms with E-state index in [0.29, 0.717) is 29.6 Å². The van der Waals surface area contributed by atoms with E-state index in [4.69, 9.17) is 0 Å². The van der Waals surface area contributed by atoms with Crippen molar-refractivity contribution in [2.24, 2.45) is 0 Å². The number of benzene rings is 1. The Morgan fingerprint density at radius 2 is 2.16 bits per heavy atom. The quantitative estimate of drug-likeness (QED) is 0.757. The zero-order valence-corrected chi connectivity index (χ0v) is 13.7. The summed E-state index contributed by atoms with van der Waals surface area (Å²) in [6.45, 7) is 2.52. The molecule has 0 saturated heterocycles. The van der Waals surface area contributed by atoms with Crippen LogP contribution in [0.2, 0.25) is 0 Å². The van der Waals surface area contributed by atoms with Crippen LogP contribution in [0.25, 0.3) is 10.9 Å². The molecule has 1 aromatic carbocycles. The second-order valence-corrected chi connectivity index (χ2v) is 6.26. The van der Waals surface area contributed by atoms with Crippen molar-refractivity contribution in [3.05, 3.63) is 65.1 Å². The van der Waals surface area contributed by atoms with Crippen LogP contribution in [0.4, 0.5) is 8.78 Å². The molecule has 0 radical (unpaired) electrons. The van der Waals surface area contributed by atoms with Crippen molar-refractivity contribution in [1.29, 1.82) is 0 Å². The van der Waals surface area contributed by atoms with E-state index in [1.165, 1.54) is 6.07 Å². The third-order valence-corrected chi connectivity index (χ3v) is 4.85. The van der Waals surface area contributed by atoms with Crippen molar-refractivity contribution >= 4 is 16.8 Å². The van der Waals surface area contributed by atoms with E-state index < -0.39 is 6.43 Å². The van der Waals surface area contributed by atoms with Gasteiger partial charge in [0, 0.05) is 35.8 Å². The van der Waals surface area contributed by atoms with E-state index in [1.54, 1.807) is 29.3 Å². The van der Waals surface area contributed by atoms with Gasteiger partial charge in [-0.3, -0.25) is 9.78 Å². The lowest BCUT2D eigenvalue weighted by molar-refractivity contribution is 0.0670. The van der Waals surface area contributed by atoms with E-state index in [2.05, 4.69) is 9.97 Å². The summed E-state index contributed by atoms with van der Waals surface area (Å²) in [5, 5.41) is 0.618. The molecule has 1 aliphatic rings. The Kier molecular flexibility index (Phi) is 3.75. The third kappa shape index (κ3) is 2.58. The van der Waals surface area contributed by atoms with Gasteiger partial charge in [0.05, 0.1) is 11.6 Å². The van der Waals surface area contributed by atoms with Crippen LogP contribution < -0.4 is 0 Å². The summed E-state index contributed by atoms with van der Waals surface area (Å²) in [6, 6.07) is 10.1. The van der Waals surface area contributed by atoms with Crippen molar-refractivity contribution in [3.63, 3.8) is 0 Å². The van der Waals surface area contributed by atoms with Gasteiger partial charge < -0.3 is 9.88 Å². The zero-order valence-electron chi connectivity index (χ0n) is 13.7. The van der Waals surface area contributed by atoms with Crippen LogP contribution in [0.3, 0.4) is 0 Å². The summed E-state index contributed by atoms with van der Waals surface area (Å²) in [4.78, 5) is 22.0. The van der Waals surface area contributed by atoms with Gasteiger partial charge in [-0.1, -0.05) is 24.3 Å². The minimum absolute atomic E-state index is 0.0854. The Bertz CT molecular complexity index is 951. The predicted octanol–water partition coefficient (Wildman–Crippen LogP) is 4.26. The number of halogens is 2. The fraction of sp³-hybridized carbons (Fsp3) is 0.263. The lowest BCUT2D eigenvalue weighted by Gasteiger charge is -2.34. The van der Waals surface area contributed by atoms with Crippen LogP contribution in [0, 0.1) is 0 Å². The summed E-state index contributed by atoms with van der Waals surface area (Å²) in [7, 11) is 0. The maximum Gasteiger partial charge on any atom is 0.270 e. The normalized spacial score (nSPS) is 17.1. The summed E-state index contributed by atoms with van der Waals surface area (Å²) in [5.41, 5.74) is 2.62. The number of carbonyl (C=O) groups is 1. The Morgan fingerprint density at radius 1 is 1.32 bits per heavy atom. The van der Waals surface area contributed by atoms with Crippen molar-refractivity contribution in [2.45, 2.75) is 25.8 Å². The molecule has 4 rings (SSSR count). The molecular formula is C19H17F2N3O. The molecule has 3 aromatic rings. The van der Waals surface area contributed by atoms with Crippen molar-refractivity contribution < 1.29 is 13.6 Å². The minimum Gasteiger partial charge on any atom is -0.350 e. The first-order valence-corrected chi connectivity index (χ1v) is 8.21. The molecule has 0 spiro atoms. The molecule has 0 aliphatic carbocycles. The summed E-state index contributed by atoms with van der Waals surface area (Å²) in [5.74, 6) is -0.182. The Labute approximate surface area is 143 Å². The van der Waals surface area contributed by atoms with Gasteiger partial charge in [-0.05, 0) is 24.6 Å². The number of carbonyl (C=O) groups excluding carboxylic acids is 1. The highest BCUT2D eigenvalue weighted by molar-refractivity contribution is 5.99. The van der Waals surface area contributed by atoms with Gasteiger partial charge in [0.1, 0.15) is 5.69 Å². The topological polar surface area (TPSA) is 49.0 Å². The molecule has 0 unspecified atom stereocenters. The lowest BCUT2D eigenvalue weighted by atomic mass is 9.98. The van der Waals surface area contributed by atoms with Gasteiger partial charge in [-0.25, -0.2) is 8.78 Å². The fourth-order valence-corrected chi connectivity index (χ4v) is 3.54. The number of fused-ring (bicyclic) bond motifs is 2. The van der Waals surface area contributed by atoms with E-state index in [9.17, 15) is 13.6 Å². The Morgan fingerprint density at radius 3 is 2.96 bits per heavy atom. The van der Waals surface area contributed by atoms with Crippen LogP contribution in [-0.4, -0.2) is 27.3 Å². The number of aromatic amines is 1. The average molecular weight is 341 g/mol. The molecule has 1 atom stereocenters. The number of rotatable bonds is 2. The number of alkyl halides is 2. The van der Waals surface area contributed by atoms with Gasteiger partial charge in [0.15, 0.2) is 0 Å². The van der Waals surface area contributed by atoms with Gasteiger partial charge >= 0.3 is 0 Å². The van der Waals surface area contributed by atoms with Crippen LogP contribution in [0.5, 0.6) is 0 Å². The fourth-order valence-electron chi connectivity index (χ4n) is 3.54. The van der Waals surface area contributed by atoms with E-state index in [0.717, 1.165) is 11.3 Å². The smallest absolute Gasteiger partial charge is 0.270 e. The summed E-state index contributed by atoms with van der Waals surface area (Å²) >= 11 is 0. The van der Waals surface area contributed by atoms with E-state index >= 15 is 0 Å². The van der Waals surface area contributed by atoms with E-state index in [-0.39, 0.29) is 17.5 Å². The second kappa shape index (κ2) is 5.95. The van der Waals surface area contributed by atoms with Crippen molar-refractivity contribution in [2.75, 3.05) is 6.54 Å². The second-order valence-electron chi connectivity index (χ2n) is 6.26. The molecule has 128 valence electrons. The van der Waals surface area contributed by atoms with Crippen LogP contribution >= 0.6 is 0 Å². The standard InChI is InChI=1S/C19H17F2N3O/c1-11-13-6-3-8-22-15(13)7-9-24(11)19(25)16-10-12-4-2-5-14(18(20)21)17(12)23-16/h2-6,8,10-11,18,23H,7,9H2,1H3/t11-/m0/s1. The molecule has 1 N–H and O–H groups in total. The largest absolute Gasteiger partial charge is 0.350 e. The number of amides is 1. The van der Waals surface area contributed by atoms with Gasteiger partial charge in [0.25, 0.3) is 12.3 Å². The summed E-state index contributed by atoms with van der Waals surface area (Å²) in [6.07, 6.45) is -0.140. The molecule has 4 nitrogen and oxygen atoms in total. The molecule has 0 bridgehead atoms. The number of pyridine rings is 1. The number of aromatic nitrogens is 2. The lowest BCUT2D eigenvalue weighted by Crippen LogP contribution is -2.39. The molecule has 6 heteroatoms. The Hall–Kier alpha value is -2.76. The average Bonchev–Trinajstić information content (AvgIpc) is 3.05. The number of hydrogen-bond acceptors (Lipinski definition) is 2. The molecule has 25 heavy (non-hydrogen) atoms. The number of para-hydroxylation sites is 1. The Balaban J connectivity index is 1.70. The number of H-pyrrole nitrogens is 1. The first kappa shape index (κ1) is 15.7. The molecule has 0 saturated carbocycles. The zero-order chi connectivity index (χ0) is 17.6. The van der Waals surface area contributed by atoms with Gasteiger partial charge in [0.2, 0.25) is 0 Å². The van der Waals surface area contributed by atoms with E-state index in [1.807, 2.05) is 19.1 Å². The highest BCUT2D eigenvalue weighted by Gasteiger charge is 2.29.